The molecule has 0 bridgehead atoms. The van der Waals surface area contributed by atoms with Crippen molar-refractivity contribution in [3.8, 4) is 0 Å². The molecule has 6 nitrogen and oxygen atoms in total. The molecule has 0 aliphatic carbocycles. The lowest BCUT2D eigenvalue weighted by atomic mass is 10.0. The van der Waals surface area contributed by atoms with Gasteiger partial charge in [0.2, 0.25) is 10.0 Å². The summed E-state index contributed by atoms with van der Waals surface area (Å²) in [5.41, 5.74) is 2.46. The van der Waals surface area contributed by atoms with Gasteiger partial charge < -0.3 is 0 Å². The lowest BCUT2D eigenvalue weighted by Crippen LogP contribution is -2.51. The summed E-state index contributed by atoms with van der Waals surface area (Å²) in [4.78, 5) is 12.0. The molecule has 0 spiro atoms. The number of sulfonamides is 1. The highest BCUT2D eigenvalue weighted by Crippen LogP contribution is 2.23. The Hall–Kier alpha value is -1.38. The first kappa shape index (κ1) is 18.7. The van der Waals surface area contributed by atoms with E-state index in [1.165, 1.54) is 17.6 Å². The Morgan fingerprint density at radius 3 is 2.27 bits per heavy atom. The zero-order valence-corrected chi connectivity index (χ0v) is 13.8. The van der Waals surface area contributed by atoms with Gasteiger partial charge in [0.05, 0.1) is 12.7 Å². The molecule has 0 saturated heterocycles. The summed E-state index contributed by atoms with van der Waals surface area (Å²) in [6.45, 7) is 5.23. The Bertz CT molecular complexity index is 602. The van der Waals surface area contributed by atoms with E-state index >= 15 is 0 Å². The van der Waals surface area contributed by atoms with Crippen molar-refractivity contribution < 1.29 is 18.4 Å². The van der Waals surface area contributed by atoms with E-state index in [1.54, 1.807) is 26.0 Å². The fourth-order valence-corrected chi connectivity index (χ4v) is 3.95. The summed E-state index contributed by atoms with van der Waals surface area (Å²) in [6, 6.07) is 5.30. The molecule has 0 aliphatic heterocycles. The quantitative estimate of drug-likeness (QED) is 0.447. The number of nitrogens with zero attached hydrogens (tertiary/aromatic N) is 1. The molecule has 2 N–H and O–H groups in total. The zero-order valence-electron chi connectivity index (χ0n) is 13.0. The number of carbonyl (C=O) groups excluding carboxylic acids is 1. The normalized spacial score (nSPS) is 13.4. The van der Waals surface area contributed by atoms with Gasteiger partial charge in [-0.1, -0.05) is 37.9 Å². The largest absolute Gasteiger partial charge is 0.289 e. The van der Waals surface area contributed by atoms with Crippen LogP contribution < -0.4 is 5.48 Å². The first-order chi connectivity index (χ1) is 10.3. The van der Waals surface area contributed by atoms with Crippen LogP contribution in [0.4, 0.5) is 0 Å². The van der Waals surface area contributed by atoms with Crippen LogP contribution >= 0.6 is 0 Å². The number of aryl methyl sites for hydroxylation is 1. The molecule has 1 aromatic rings. The third kappa shape index (κ3) is 4.09. The molecular weight excluding hydrogens is 303 g/mol. The van der Waals surface area contributed by atoms with Gasteiger partial charge in [-0.2, -0.15) is 4.31 Å². The number of benzene rings is 1. The van der Waals surface area contributed by atoms with Gasteiger partial charge >= 0.3 is 0 Å². The molecular formula is C14H21BN2O4S. The van der Waals surface area contributed by atoms with E-state index in [2.05, 4.69) is 0 Å². The first-order valence-corrected chi connectivity index (χ1v) is 8.42. The summed E-state index contributed by atoms with van der Waals surface area (Å²) < 4.78 is 26.7. The van der Waals surface area contributed by atoms with Crippen molar-refractivity contribution in [2.45, 2.75) is 38.0 Å². The lowest BCUT2D eigenvalue weighted by Gasteiger charge is -2.31. The molecule has 1 rings (SSSR count). The Kier molecular flexibility index (Phi) is 6.58. The SMILES string of the molecule is [B]CCN([C@@H](C(=O)NO)C(C)C)S(=O)(=O)c1ccc(C)cc1. The van der Waals surface area contributed by atoms with Crippen LogP contribution in [0.2, 0.25) is 6.32 Å². The molecule has 1 amide bonds. The summed E-state index contributed by atoms with van der Waals surface area (Å²) in [6.07, 6.45) is 0.0625. The summed E-state index contributed by atoms with van der Waals surface area (Å²) in [5.74, 6) is -1.11. The maximum Gasteiger partial charge on any atom is 0.262 e. The van der Waals surface area contributed by atoms with E-state index in [0.29, 0.717) is 0 Å². The van der Waals surface area contributed by atoms with Crippen LogP contribution in [-0.2, 0) is 14.8 Å². The highest BCUT2D eigenvalue weighted by atomic mass is 32.2. The minimum Gasteiger partial charge on any atom is -0.289 e. The monoisotopic (exact) mass is 324 g/mol. The van der Waals surface area contributed by atoms with Gasteiger partial charge in [-0.15, -0.1) is 0 Å². The molecule has 0 aliphatic rings. The van der Waals surface area contributed by atoms with Gasteiger partial charge in [-0.25, -0.2) is 13.9 Å². The van der Waals surface area contributed by atoms with Gasteiger partial charge in [-0.3, -0.25) is 10.0 Å². The lowest BCUT2D eigenvalue weighted by molar-refractivity contribution is -0.134. The molecule has 0 aromatic heterocycles. The predicted molar refractivity (Wildman–Crippen MR) is 84.2 cm³/mol. The van der Waals surface area contributed by atoms with Gasteiger partial charge in [0.15, 0.2) is 0 Å². The highest BCUT2D eigenvalue weighted by Gasteiger charge is 2.37. The molecule has 0 saturated carbocycles. The number of amides is 1. The first-order valence-electron chi connectivity index (χ1n) is 6.98. The highest BCUT2D eigenvalue weighted by molar-refractivity contribution is 7.89. The third-order valence-corrected chi connectivity index (χ3v) is 5.19. The van der Waals surface area contributed by atoms with Gasteiger partial charge in [0.1, 0.15) is 6.04 Å². The number of carbonyl (C=O) groups is 1. The van der Waals surface area contributed by atoms with Crippen LogP contribution in [0.25, 0.3) is 0 Å². The van der Waals surface area contributed by atoms with Gasteiger partial charge in [-0.05, 0) is 25.0 Å². The van der Waals surface area contributed by atoms with E-state index in [-0.39, 0.29) is 23.7 Å². The van der Waals surface area contributed by atoms with E-state index in [1.807, 2.05) is 6.92 Å². The molecule has 2 radical (unpaired) electrons. The van der Waals surface area contributed by atoms with Crippen LogP contribution in [0.5, 0.6) is 0 Å². The van der Waals surface area contributed by atoms with Crippen LogP contribution in [0, 0.1) is 12.8 Å². The number of rotatable bonds is 7. The topological polar surface area (TPSA) is 86.7 Å². The Labute approximate surface area is 132 Å². The van der Waals surface area contributed by atoms with Gasteiger partial charge in [0, 0.05) is 6.54 Å². The fourth-order valence-electron chi connectivity index (χ4n) is 2.21. The standard InChI is InChI=1S/C14H21BN2O4S/c1-10(2)13(14(18)16-19)17(9-8-15)22(20,21)12-6-4-11(3)5-7-12/h4-7,10,13,19H,8-9H2,1-3H3,(H,16,18)/t13-/m1/s1. The molecule has 0 unspecified atom stereocenters. The second kappa shape index (κ2) is 7.76. The fraction of sp³-hybridized carbons (Fsp3) is 0.500. The van der Waals surface area contributed by atoms with E-state index in [0.717, 1.165) is 9.87 Å². The Morgan fingerprint density at radius 2 is 1.86 bits per heavy atom. The summed E-state index contributed by atoms with van der Waals surface area (Å²) >= 11 is 0. The average molecular weight is 324 g/mol. The maximum atomic E-state index is 12.8. The molecule has 1 atom stereocenters. The number of hydroxylamine groups is 1. The van der Waals surface area contributed by atoms with Crippen LogP contribution in [-0.4, -0.2) is 44.3 Å². The molecule has 1 aromatic carbocycles. The smallest absolute Gasteiger partial charge is 0.262 e. The van der Waals surface area contributed by atoms with Crippen molar-refractivity contribution in [3.63, 3.8) is 0 Å². The van der Waals surface area contributed by atoms with Crippen LogP contribution in [0.1, 0.15) is 19.4 Å². The second-order valence-corrected chi connectivity index (χ2v) is 7.27. The number of hydrogen-bond acceptors (Lipinski definition) is 4. The molecule has 0 heterocycles. The Morgan fingerprint density at radius 1 is 1.32 bits per heavy atom. The number of hydrogen-bond donors (Lipinski definition) is 2. The van der Waals surface area contributed by atoms with Crippen LogP contribution in [0.3, 0.4) is 0 Å². The second-order valence-electron chi connectivity index (χ2n) is 5.38. The van der Waals surface area contributed by atoms with Crippen molar-refractivity contribution in [2.24, 2.45) is 5.92 Å². The van der Waals surface area contributed by atoms with E-state index in [4.69, 9.17) is 13.1 Å². The zero-order chi connectivity index (χ0) is 16.9. The van der Waals surface area contributed by atoms with E-state index < -0.39 is 22.0 Å². The van der Waals surface area contributed by atoms with Crippen molar-refractivity contribution in [2.75, 3.05) is 6.54 Å². The number of nitrogens with one attached hydrogen (secondary N) is 1. The molecule has 120 valence electrons. The molecule has 22 heavy (non-hydrogen) atoms. The predicted octanol–water partition coefficient (Wildman–Crippen LogP) is 1.10. The van der Waals surface area contributed by atoms with Crippen LogP contribution in [0.15, 0.2) is 29.2 Å². The summed E-state index contributed by atoms with van der Waals surface area (Å²) in [5, 5.41) is 8.89. The summed E-state index contributed by atoms with van der Waals surface area (Å²) in [7, 11) is 1.61. The van der Waals surface area contributed by atoms with Crippen molar-refractivity contribution in [1.82, 2.24) is 9.79 Å². The van der Waals surface area contributed by atoms with Crippen molar-refractivity contribution in [3.05, 3.63) is 29.8 Å². The molecule has 0 fully saturated rings. The minimum absolute atomic E-state index is 0.0214. The molecule has 8 heteroatoms. The van der Waals surface area contributed by atoms with E-state index in [9.17, 15) is 13.2 Å². The van der Waals surface area contributed by atoms with Crippen molar-refractivity contribution >= 4 is 23.8 Å². The van der Waals surface area contributed by atoms with Gasteiger partial charge in [0.25, 0.3) is 5.91 Å². The average Bonchev–Trinajstić information content (AvgIpc) is 2.46. The minimum atomic E-state index is -3.90. The van der Waals surface area contributed by atoms with Crippen molar-refractivity contribution in [1.29, 1.82) is 0 Å². The third-order valence-electron chi connectivity index (χ3n) is 3.30. The maximum absolute atomic E-state index is 12.8. The Balaban J connectivity index is 3.33.